The highest BCUT2D eigenvalue weighted by Crippen LogP contribution is 2.26. The lowest BCUT2D eigenvalue weighted by Crippen LogP contribution is -2.23. The molecule has 0 radical (unpaired) electrons. The highest BCUT2D eigenvalue weighted by molar-refractivity contribution is 5.68. The summed E-state index contributed by atoms with van der Waals surface area (Å²) < 4.78 is 0. The summed E-state index contributed by atoms with van der Waals surface area (Å²) in [7, 11) is 3.82. The van der Waals surface area contributed by atoms with Crippen LogP contribution in [0.5, 0.6) is 0 Å². The lowest BCUT2D eigenvalue weighted by Gasteiger charge is -2.25. The van der Waals surface area contributed by atoms with Gasteiger partial charge in [-0.1, -0.05) is 45.0 Å². The molecule has 0 saturated heterocycles. The molecule has 0 heterocycles. The molecule has 1 unspecified atom stereocenters. The molecular formula is C15H23NO2. The molecule has 1 rings (SSSR count). The van der Waals surface area contributed by atoms with E-state index in [0.717, 1.165) is 5.56 Å². The number of carboxylic acid groups (broad SMARTS) is 1. The van der Waals surface area contributed by atoms with Crippen LogP contribution >= 0.6 is 0 Å². The number of carbonyl (C=O) groups is 1. The minimum Gasteiger partial charge on any atom is -0.481 e. The summed E-state index contributed by atoms with van der Waals surface area (Å²) in [5.41, 5.74) is 2.44. The van der Waals surface area contributed by atoms with Crippen molar-refractivity contribution in [1.82, 2.24) is 4.90 Å². The predicted octanol–water partition coefficient (Wildman–Crippen LogP) is 3.06. The van der Waals surface area contributed by atoms with Crippen LogP contribution in [0, 0.1) is 0 Å². The Labute approximate surface area is 109 Å². The third-order valence-electron chi connectivity index (χ3n) is 3.15. The highest BCUT2D eigenvalue weighted by Gasteiger charge is 2.19. The van der Waals surface area contributed by atoms with E-state index in [9.17, 15) is 4.79 Å². The van der Waals surface area contributed by atoms with Gasteiger partial charge in [0.1, 0.15) is 0 Å². The van der Waals surface area contributed by atoms with Crippen LogP contribution in [0.25, 0.3) is 0 Å². The van der Waals surface area contributed by atoms with Gasteiger partial charge in [-0.15, -0.1) is 0 Å². The third-order valence-corrected chi connectivity index (χ3v) is 3.15. The van der Waals surface area contributed by atoms with Crippen LogP contribution in [0.15, 0.2) is 24.3 Å². The first-order chi connectivity index (χ1) is 8.21. The molecule has 0 aromatic heterocycles. The maximum absolute atomic E-state index is 10.9. The van der Waals surface area contributed by atoms with E-state index in [0.29, 0.717) is 0 Å². The molecule has 0 saturated carbocycles. The Balaban J connectivity index is 2.97. The van der Waals surface area contributed by atoms with Gasteiger partial charge >= 0.3 is 5.97 Å². The molecule has 0 fully saturated rings. The summed E-state index contributed by atoms with van der Waals surface area (Å²) in [5.74, 6) is -0.770. The fraction of sp³-hybridized carbons (Fsp3) is 0.533. The molecule has 0 aliphatic carbocycles. The van der Waals surface area contributed by atoms with E-state index >= 15 is 0 Å². The van der Waals surface area contributed by atoms with Crippen molar-refractivity contribution in [3.05, 3.63) is 35.4 Å². The molecule has 18 heavy (non-hydrogen) atoms. The monoisotopic (exact) mass is 249 g/mol. The summed E-state index contributed by atoms with van der Waals surface area (Å²) in [6, 6.07) is 8.18. The second kappa shape index (κ2) is 5.53. The fourth-order valence-electron chi connectivity index (χ4n) is 1.97. The van der Waals surface area contributed by atoms with Crippen LogP contribution in [0.1, 0.15) is 44.4 Å². The van der Waals surface area contributed by atoms with E-state index in [1.165, 1.54) is 5.56 Å². The zero-order chi connectivity index (χ0) is 13.9. The highest BCUT2D eigenvalue weighted by atomic mass is 16.4. The van der Waals surface area contributed by atoms with Gasteiger partial charge in [-0.3, -0.25) is 4.79 Å². The molecule has 1 aromatic rings. The smallest absolute Gasteiger partial charge is 0.305 e. The van der Waals surface area contributed by atoms with E-state index in [1.54, 1.807) is 0 Å². The molecule has 1 aromatic carbocycles. The summed E-state index contributed by atoms with van der Waals surface area (Å²) in [6.07, 6.45) is 0.127. The summed E-state index contributed by atoms with van der Waals surface area (Å²) >= 11 is 0. The second-order valence-corrected chi connectivity index (χ2v) is 5.95. The zero-order valence-corrected chi connectivity index (χ0v) is 11.9. The zero-order valence-electron chi connectivity index (χ0n) is 11.9. The van der Waals surface area contributed by atoms with Crippen LogP contribution in [0.4, 0.5) is 0 Å². The minimum atomic E-state index is -0.770. The van der Waals surface area contributed by atoms with Crippen molar-refractivity contribution in [1.29, 1.82) is 0 Å². The van der Waals surface area contributed by atoms with Crippen molar-refractivity contribution in [2.45, 2.75) is 38.6 Å². The summed E-state index contributed by atoms with van der Waals surface area (Å²) in [5, 5.41) is 8.95. The van der Waals surface area contributed by atoms with Crippen molar-refractivity contribution >= 4 is 5.97 Å². The van der Waals surface area contributed by atoms with Crippen LogP contribution in [-0.4, -0.2) is 30.1 Å². The topological polar surface area (TPSA) is 40.5 Å². The van der Waals surface area contributed by atoms with Gasteiger partial charge in [-0.05, 0) is 30.6 Å². The molecule has 0 bridgehead atoms. The molecule has 1 atom stereocenters. The summed E-state index contributed by atoms with van der Waals surface area (Å²) in [6.45, 7) is 6.51. The summed E-state index contributed by atoms with van der Waals surface area (Å²) in [4.78, 5) is 12.8. The van der Waals surface area contributed by atoms with Crippen LogP contribution in [0.2, 0.25) is 0 Å². The van der Waals surface area contributed by atoms with Crippen LogP contribution in [-0.2, 0) is 10.2 Å². The van der Waals surface area contributed by atoms with Gasteiger partial charge in [0.25, 0.3) is 0 Å². The average molecular weight is 249 g/mol. The third kappa shape index (κ3) is 3.84. The van der Waals surface area contributed by atoms with E-state index in [-0.39, 0.29) is 17.9 Å². The maximum atomic E-state index is 10.9. The predicted molar refractivity (Wildman–Crippen MR) is 73.8 cm³/mol. The molecule has 0 spiro atoms. The SMILES string of the molecule is CN(C)C(CC(=O)O)c1ccc(C(C)(C)C)cc1. The number of nitrogens with zero attached hydrogens (tertiary/aromatic N) is 1. The Hall–Kier alpha value is -1.35. The molecule has 3 heteroatoms. The van der Waals surface area contributed by atoms with Gasteiger partial charge in [0.15, 0.2) is 0 Å². The average Bonchev–Trinajstić information content (AvgIpc) is 2.24. The maximum Gasteiger partial charge on any atom is 0.305 e. The van der Waals surface area contributed by atoms with E-state index in [1.807, 2.05) is 31.1 Å². The lowest BCUT2D eigenvalue weighted by atomic mass is 9.86. The number of rotatable bonds is 4. The number of carboxylic acids is 1. The van der Waals surface area contributed by atoms with Crippen molar-refractivity contribution in [2.75, 3.05) is 14.1 Å². The minimum absolute atomic E-state index is 0.0727. The quantitative estimate of drug-likeness (QED) is 0.891. The first kappa shape index (κ1) is 14.7. The van der Waals surface area contributed by atoms with Gasteiger partial charge in [0.05, 0.1) is 6.42 Å². The van der Waals surface area contributed by atoms with E-state index in [2.05, 4.69) is 32.9 Å². The molecule has 3 nitrogen and oxygen atoms in total. The largest absolute Gasteiger partial charge is 0.481 e. The van der Waals surface area contributed by atoms with Gasteiger partial charge in [0.2, 0.25) is 0 Å². The Morgan fingerprint density at radius 2 is 1.72 bits per heavy atom. The Morgan fingerprint density at radius 3 is 2.06 bits per heavy atom. The Bertz CT molecular complexity index is 401. The first-order valence-electron chi connectivity index (χ1n) is 6.20. The number of aliphatic carboxylic acids is 1. The van der Waals surface area contributed by atoms with E-state index in [4.69, 9.17) is 5.11 Å². The van der Waals surface area contributed by atoms with Gasteiger partial charge in [0, 0.05) is 6.04 Å². The van der Waals surface area contributed by atoms with Crippen molar-refractivity contribution in [2.24, 2.45) is 0 Å². The number of hydrogen-bond acceptors (Lipinski definition) is 2. The Morgan fingerprint density at radius 1 is 1.22 bits per heavy atom. The van der Waals surface area contributed by atoms with Crippen molar-refractivity contribution in [3.8, 4) is 0 Å². The molecule has 1 N–H and O–H groups in total. The van der Waals surface area contributed by atoms with Crippen molar-refractivity contribution < 1.29 is 9.90 Å². The van der Waals surface area contributed by atoms with Crippen molar-refractivity contribution in [3.63, 3.8) is 0 Å². The van der Waals surface area contributed by atoms with Gasteiger partial charge in [-0.25, -0.2) is 0 Å². The fourth-order valence-corrected chi connectivity index (χ4v) is 1.97. The molecule has 100 valence electrons. The van der Waals surface area contributed by atoms with Crippen LogP contribution < -0.4 is 0 Å². The number of benzene rings is 1. The Kier molecular flexibility index (Phi) is 4.52. The number of hydrogen-bond donors (Lipinski definition) is 1. The molecule has 0 amide bonds. The molecule has 0 aliphatic rings. The van der Waals surface area contributed by atoms with Crippen LogP contribution in [0.3, 0.4) is 0 Å². The normalized spacial score (nSPS) is 13.7. The molecule has 0 aliphatic heterocycles. The molecular weight excluding hydrogens is 226 g/mol. The lowest BCUT2D eigenvalue weighted by molar-refractivity contribution is -0.138. The second-order valence-electron chi connectivity index (χ2n) is 5.95. The van der Waals surface area contributed by atoms with Gasteiger partial charge in [-0.2, -0.15) is 0 Å². The standard InChI is InChI=1S/C15H23NO2/c1-15(2,3)12-8-6-11(7-9-12)13(16(4)5)10-14(17)18/h6-9,13H,10H2,1-5H3,(H,17,18). The van der Waals surface area contributed by atoms with E-state index < -0.39 is 5.97 Å². The first-order valence-corrected chi connectivity index (χ1v) is 6.20. The van der Waals surface area contributed by atoms with Gasteiger partial charge < -0.3 is 10.0 Å².